The van der Waals surface area contributed by atoms with Gasteiger partial charge in [0, 0.05) is 45.8 Å². The van der Waals surface area contributed by atoms with Crippen molar-refractivity contribution < 1.29 is 20.1 Å². The molecule has 23 heteroatoms. The molecule has 4 aromatic carbocycles. The SMILES string of the molecule is Clc1ccccc1CC1(C2(Cl)CC2)CO1.OC(CCl)(Cc1ccccc1Cl)C1(Cl)CC1.OC(Cc1ccccc1Cl)(Cn1[nH]cnc1=S)C1(Cl)CC1.OC(Cc1ccccc1Cl)(Cn1cncn1)C1(Cl)CC1.c1nc[nH]n1. The first-order chi connectivity index (χ1) is 36.6. The van der Waals surface area contributed by atoms with E-state index in [-0.39, 0.29) is 22.9 Å². The van der Waals surface area contributed by atoms with Crippen LogP contribution in [0.4, 0.5) is 0 Å². The first-order valence-electron chi connectivity index (χ1n) is 24.9. The Morgan fingerprint density at radius 2 is 1.03 bits per heavy atom. The van der Waals surface area contributed by atoms with Crippen molar-refractivity contribution in [1.82, 2.24) is 44.7 Å². The van der Waals surface area contributed by atoms with Crippen molar-refractivity contribution in [3.05, 3.63) is 176 Å². The molecule has 0 spiro atoms. The van der Waals surface area contributed by atoms with E-state index >= 15 is 0 Å². The van der Waals surface area contributed by atoms with Gasteiger partial charge in [-0.3, -0.25) is 14.9 Å². The zero-order chi connectivity index (χ0) is 55.2. The second-order valence-corrected chi connectivity index (χ2v) is 25.6. The minimum Gasteiger partial charge on any atom is -0.386 e. The summed E-state index contributed by atoms with van der Waals surface area (Å²) in [6.07, 6.45) is 16.4. The van der Waals surface area contributed by atoms with Crippen LogP contribution < -0.4 is 0 Å². The molecule has 4 atom stereocenters. The maximum atomic E-state index is 11.2. The van der Waals surface area contributed by atoms with Crippen molar-refractivity contribution in [2.45, 2.75) is 132 Å². The number of aromatic amines is 2. The Kier molecular flexibility index (Phi) is 19.5. The van der Waals surface area contributed by atoms with Crippen molar-refractivity contribution >= 4 is 117 Å². The summed E-state index contributed by atoms with van der Waals surface area (Å²) in [5, 5.41) is 48.4. The van der Waals surface area contributed by atoms with Crippen LogP contribution in [0.5, 0.6) is 0 Å². The smallest absolute Gasteiger partial charge is 0.215 e. The minimum atomic E-state index is -1.13. The first kappa shape index (κ1) is 60.1. The van der Waals surface area contributed by atoms with Crippen molar-refractivity contribution in [2.24, 2.45) is 0 Å². The van der Waals surface area contributed by atoms with E-state index in [1.165, 1.54) is 25.3 Å². The van der Waals surface area contributed by atoms with Crippen molar-refractivity contribution in [3.63, 3.8) is 0 Å². The van der Waals surface area contributed by atoms with Gasteiger partial charge in [-0.05, 0) is 110 Å². The molecule has 0 bridgehead atoms. The molecule has 412 valence electrons. The van der Waals surface area contributed by atoms with Gasteiger partial charge >= 0.3 is 0 Å². The predicted octanol–water partition coefficient (Wildman–Crippen LogP) is 12.9. The Morgan fingerprint density at radius 3 is 1.36 bits per heavy atom. The van der Waals surface area contributed by atoms with Gasteiger partial charge in [0.05, 0.1) is 45.1 Å². The van der Waals surface area contributed by atoms with Gasteiger partial charge in [-0.15, -0.1) is 58.0 Å². The summed E-state index contributed by atoms with van der Waals surface area (Å²) < 4.78 is 9.23. The van der Waals surface area contributed by atoms with Gasteiger partial charge in [-0.1, -0.05) is 119 Å². The summed E-state index contributed by atoms with van der Waals surface area (Å²) in [4.78, 5) is 9.53. The third-order valence-corrected chi connectivity index (χ3v) is 20.0. The number of nitrogens with one attached hydrogen (secondary N) is 2. The monoisotopic (exact) mass is 1240 g/mol. The number of benzene rings is 4. The summed E-state index contributed by atoms with van der Waals surface area (Å²) in [5.41, 5.74) is 0.379. The van der Waals surface area contributed by atoms with E-state index in [9.17, 15) is 15.3 Å². The topological polar surface area (TPSA) is 179 Å². The van der Waals surface area contributed by atoms with Crippen molar-refractivity contribution in [1.29, 1.82) is 0 Å². The standard InChI is InChI=1S/C14H15Cl2N3OS.C14H15Cl2N3O.C12H13Cl3O.C12H12Cl2O.C2H3N3/c15-11-4-2-1-3-10(11)7-14(20,13(16)5-6-13)8-19-12(21)17-9-18-19;15-12-4-2-1-3-11(12)7-14(20,13(16)5-6-13)8-19-10-17-9-18-19;13-8-12(16,11(15)5-6-11)7-9-3-1-2-4-10(9)14;13-10-4-2-1-3-9(10)7-12(8-15-12)11(14)5-6-11;1-3-2-5-4-1/h1-4,9,20H,5-8H2,(H,17,18,21);1-4,9-10,20H,5-8H2;1-4,16H,5-8H2;1-4H,5-8H2;1-2H,(H,3,4,5). The van der Waals surface area contributed by atoms with Crippen molar-refractivity contribution in [3.8, 4) is 0 Å². The fraction of sp³-hybridized carbons (Fsp3) is 0.444. The molecule has 7 aromatic rings. The molecular formula is C54H58Cl9N9O4S. The molecule has 5 N–H and O–H groups in total. The molecule has 4 unspecified atom stereocenters. The van der Waals surface area contributed by atoms with Crippen LogP contribution in [-0.4, -0.2) is 114 Å². The van der Waals surface area contributed by atoms with Gasteiger partial charge in [0.2, 0.25) is 4.77 Å². The fourth-order valence-corrected chi connectivity index (χ4v) is 11.5. The normalized spacial score (nSPS) is 21.4. The summed E-state index contributed by atoms with van der Waals surface area (Å²) in [7, 11) is 0. The highest BCUT2D eigenvalue weighted by molar-refractivity contribution is 7.71. The maximum absolute atomic E-state index is 11.2. The van der Waals surface area contributed by atoms with Crippen LogP contribution in [0.3, 0.4) is 0 Å². The number of H-pyrrole nitrogens is 2. The van der Waals surface area contributed by atoms with Crippen LogP contribution in [0.2, 0.25) is 20.1 Å². The summed E-state index contributed by atoms with van der Waals surface area (Å²) in [6, 6.07) is 30.4. The Bertz CT molecular complexity index is 3060. The predicted molar refractivity (Wildman–Crippen MR) is 310 cm³/mol. The average molecular weight is 1250 g/mol. The lowest BCUT2D eigenvalue weighted by atomic mass is 9.89. The van der Waals surface area contributed by atoms with E-state index < -0.39 is 31.4 Å². The molecule has 13 nitrogen and oxygen atoms in total. The molecule has 77 heavy (non-hydrogen) atoms. The highest BCUT2D eigenvalue weighted by Gasteiger charge is 2.67. The number of hydrogen-bond donors (Lipinski definition) is 5. The minimum absolute atomic E-state index is 0.105. The lowest BCUT2D eigenvalue weighted by molar-refractivity contribution is 0.00708. The van der Waals surface area contributed by atoms with Crippen LogP contribution in [0.1, 0.15) is 73.6 Å². The molecule has 0 amide bonds. The average Bonchev–Trinajstić information content (AvgIpc) is 4.43. The molecule has 1 saturated heterocycles. The van der Waals surface area contributed by atoms with Crippen molar-refractivity contribution in [2.75, 3.05) is 12.5 Å². The van der Waals surface area contributed by atoms with Gasteiger partial charge in [0.1, 0.15) is 54.0 Å². The summed E-state index contributed by atoms with van der Waals surface area (Å²) in [5.74, 6) is 0.127. The van der Waals surface area contributed by atoms with Gasteiger partial charge in [0.25, 0.3) is 0 Å². The fourth-order valence-electron chi connectivity index (χ4n) is 9.16. The molecule has 4 aliphatic carbocycles. The number of hydrogen-bond acceptors (Lipinski definition) is 10. The van der Waals surface area contributed by atoms with E-state index in [1.807, 2.05) is 91.0 Å². The summed E-state index contributed by atoms with van der Waals surface area (Å²) >= 11 is 61.4. The zero-order valence-corrected chi connectivity index (χ0v) is 49.2. The van der Waals surface area contributed by atoms with Gasteiger partial charge < -0.3 is 20.1 Å². The Hall–Kier alpha value is -3.03. The van der Waals surface area contributed by atoms with E-state index in [1.54, 1.807) is 21.8 Å². The van der Waals surface area contributed by atoms with E-state index in [4.69, 9.17) is 121 Å². The van der Waals surface area contributed by atoms with Gasteiger partial charge in [0.15, 0.2) is 0 Å². The maximum Gasteiger partial charge on any atom is 0.215 e. The Morgan fingerprint density at radius 1 is 0.584 bits per heavy atom. The second-order valence-electron chi connectivity index (χ2n) is 20.4. The Labute approximate surface area is 497 Å². The quantitative estimate of drug-likeness (QED) is 0.0335. The number of epoxide rings is 1. The zero-order valence-electron chi connectivity index (χ0n) is 41.6. The van der Waals surface area contributed by atoms with Gasteiger partial charge in [-0.2, -0.15) is 10.2 Å². The lowest BCUT2D eigenvalue weighted by Crippen LogP contribution is -2.47. The van der Waals surface area contributed by atoms with Crippen LogP contribution in [0.25, 0.3) is 0 Å². The van der Waals surface area contributed by atoms with Gasteiger partial charge in [-0.25, -0.2) is 19.6 Å². The molecule has 4 heterocycles. The number of aliphatic hydroxyl groups is 3. The number of rotatable bonds is 17. The highest BCUT2D eigenvalue weighted by Crippen LogP contribution is 2.60. The van der Waals surface area contributed by atoms with E-state index in [0.29, 0.717) is 45.6 Å². The molecular weight excluding hydrogens is 1190 g/mol. The van der Waals surface area contributed by atoms with Crippen LogP contribution in [-0.2, 0) is 43.5 Å². The van der Waals surface area contributed by atoms with Crippen LogP contribution in [0.15, 0.2) is 129 Å². The number of ether oxygens (including phenoxy) is 1. The molecule has 0 radical (unpaired) electrons. The molecule has 3 aromatic heterocycles. The first-order valence-corrected chi connectivity index (χ1v) is 28.9. The lowest BCUT2D eigenvalue weighted by Gasteiger charge is -2.33. The third-order valence-electron chi connectivity index (χ3n) is 14.8. The molecule has 12 rings (SSSR count). The summed E-state index contributed by atoms with van der Waals surface area (Å²) in [6.45, 7) is 1.35. The second kappa shape index (κ2) is 25.0. The Balaban J connectivity index is 0.000000132. The largest absolute Gasteiger partial charge is 0.386 e. The van der Waals surface area contributed by atoms with E-state index in [0.717, 1.165) is 91.7 Å². The molecule has 5 fully saturated rings. The molecule has 1 aliphatic heterocycles. The number of nitrogens with zero attached hydrogens (tertiary/aromatic N) is 7. The van der Waals surface area contributed by atoms with Crippen LogP contribution in [0, 0.1) is 4.77 Å². The molecule has 4 saturated carbocycles. The highest BCUT2D eigenvalue weighted by atomic mass is 35.5. The number of halogens is 9. The number of alkyl halides is 5. The third kappa shape index (κ3) is 14.9. The van der Waals surface area contributed by atoms with E-state index in [2.05, 4.69) is 35.3 Å². The van der Waals surface area contributed by atoms with Crippen LogP contribution >= 0.6 is 117 Å². The number of aromatic nitrogens is 9. The molecule has 5 aliphatic rings.